The molecule has 0 aliphatic heterocycles. The van der Waals surface area contributed by atoms with Crippen LogP contribution in [0.1, 0.15) is 31.3 Å². The maximum absolute atomic E-state index is 12.2. The third-order valence-electron chi connectivity index (χ3n) is 3.06. The van der Waals surface area contributed by atoms with Crippen LogP contribution in [0.2, 0.25) is 0 Å². The highest BCUT2D eigenvalue weighted by Crippen LogP contribution is 2.31. The van der Waals surface area contributed by atoms with E-state index >= 15 is 0 Å². The average molecular weight is 343 g/mol. The molecule has 116 valence electrons. The molecule has 0 fully saturated rings. The number of aromatic nitrogens is 2. The van der Waals surface area contributed by atoms with Crippen molar-refractivity contribution in [3.8, 4) is 11.3 Å². The van der Waals surface area contributed by atoms with Gasteiger partial charge in [0.25, 0.3) is 5.91 Å². The number of hydrogen-bond donors (Lipinski definition) is 1. The normalized spacial score (nSPS) is 10.5. The zero-order chi connectivity index (χ0) is 16.4. The van der Waals surface area contributed by atoms with E-state index in [0.717, 1.165) is 10.6 Å². The van der Waals surface area contributed by atoms with Crippen LogP contribution in [0.4, 0.5) is 5.13 Å². The van der Waals surface area contributed by atoms with Crippen LogP contribution in [0.3, 0.4) is 0 Å². The van der Waals surface area contributed by atoms with Gasteiger partial charge in [-0.3, -0.25) is 14.9 Å². The molecule has 0 atom stereocenters. The lowest BCUT2D eigenvalue weighted by molar-refractivity contribution is 0.101. The van der Waals surface area contributed by atoms with E-state index in [9.17, 15) is 9.59 Å². The lowest BCUT2D eigenvalue weighted by Gasteiger charge is -1.98. The van der Waals surface area contributed by atoms with Crippen molar-refractivity contribution in [2.24, 2.45) is 0 Å². The molecule has 0 saturated carbocycles. The topological polar surface area (TPSA) is 72.0 Å². The molecule has 7 heteroatoms. The Hall–Kier alpha value is -2.38. The number of nitrogens with one attached hydrogen (secondary N) is 1. The van der Waals surface area contributed by atoms with Crippen molar-refractivity contribution in [1.29, 1.82) is 0 Å². The van der Waals surface area contributed by atoms with Gasteiger partial charge in [0.15, 0.2) is 10.9 Å². The minimum atomic E-state index is -0.265. The van der Waals surface area contributed by atoms with Crippen molar-refractivity contribution >= 4 is 39.5 Å². The second-order valence-corrected chi connectivity index (χ2v) is 7.05. The maximum atomic E-state index is 12.2. The largest absolute Gasteiger partial charge is 0.297 e. The maximum Gasteiger partial charge on any atom is 0.269 e. The number of rotatable bonds is 4. The summed E-state index contributed by atoms with van der Waals surface area (Å²) in [6.07, 6.45) is 1.53. The van der Waals surface area contributed by atoms with Crippen molar-refractivity contribution in [1.82, 2.24) is 9.97 Å². The fourth-order valence-corrected chi connectivity index (χ4v) is 3.58. The number of anilines is 1. The van der Waals surface area contributed by atoms with Crippen LogP contribution in [0.25, 0.3) is 11.3 Å². The zero-order valence-corrected chi connectivity index (χ0v) is 14.1. The molecule has 0 radical (unpaired) electrons. The number of aryl methyl sites for hydroxylation is 1. The van der Waals surface area contributed by atoms with Crippen LogP contribution in [0.15, 0.2) is 36.5 Å². The van der Waals surface area contributed by atoms with Gasteiger partial charge in [0.05, 0.1) is 21.8 Å². The van der Waals surface area contributed by atoms with Gasteiger partial charge >= 0.3 is 0 Å². The van der Waals surface area contributed by atoms with Crippen LogP contribution < -0.4 is 5.32 Å². The Morgan fingerprint density at radius 1 is 1.13 bits per heavy atom. The number of benzene rings is 1. The van der Waals surface area contributed by atoms with Crippen LogP contribution in [-0.4, -0.2) is 21.7 Å². The number of Topliss-reactive ketones (excluding diaryl/α,β-unsaturated/α-hetero) is 1. The second kappa shape index (κ2) is 6.39. The minimum absolute atomic E-state index is 0.0736. The second-order valence-electron chi connectivity index (χ2n) is 4.82. The van der Waals surface area contributed by atoms with Gasteiger partial charge in [0, 0.05) is 12.5 Å². The smallest absolute Gasteiger partial charge is 0.269 e. The van der Waals surface area contributed by atoms with Gasteiger partial charge in [-0.2, -0.15) is 0 Å². The molecule has 0 saturated heterocycles. The van der Waals surface area contributed by atoms with Gasteiger partial charge in [-0.1, -0.05) is 41.7 Å². The van der Waals surface area contributed by atoms with Gasteiger partial charge < -0.3 is 0 Å². The fourth-order valence-electron chi connectivity index (χ4n) is 2.03. The molecule has 0 aliphatic rings. The molecule has 0 bridgehead atoms. The lowest BCUT2D eigenvalue weighted by atomic mass is 10.1. The first-order valence-corrected chi connectivity index (χ1v) is 8.49. The Morgan fingerprint density at radius 2 is 1.87 bits per heavy atom. The Balaban J connectivity index is 1.92. The van der Waals surface area contributed by atoms with E-state index in [1.165, 1.54) is 35.8 Å². The molecule has 0 aliphatic carbocycles. The summed E-state index contributed by atoms with van der Waals surface area (Å²) in [5.41, 5.74) is 1.45. The molecule has 2 aromatic heterocycles. The van der Waals surface area contributed by atoms with E-state index in [4.69, 9.17) is 0 Å². The summed E-state index contributed by atoms with van der Waals surface area (Å²) in [5, 5.41) is 3.97. The SMILES string of the molecule is CC(=O)c1sc(NC(=O)c2cnc(C)s2)nc1-c1ccccc1. The molecule has 5 nitrogen and oxygen atoms in total. The summed E-state index contributed by atoms with van der Waals surface area (Å²) in [6, 6.07) is 9.45. The first-order valence-electron chi connectivity index (χ1n) is 6.85. The summed E-state index contributed by atoms with van der Waals surface area (Å²) in [5.74, 6) is -0.338. The number of carbonyl (C=O) groups is 2. The summed E-state index contributed by atoms with van der Waals surface area (Å²) in [6.45, 7) is 3.34. The number of carbonyl (C=O) groups excluding carboxylic acids is 2. The van der Waals surface area contributed by atoms with E-state index in [2.05, 4.69) is 15.3 Å². The van der Waals surface area contributed by atoms with Crippen LogP contribution in [-0.2, 0) is 0 Å². The van der Waals surface area contributed by atoms with Gasteiger partial charge in [0.1, 0.15) is 4.88 Å². The quantitative estimate of drug-likeness (QED) is 0.726. The van der Waals surface area contributed by atoms with Crippen LogP contribution in [0, 0.1) is 6.92 Å². The number of hydrogen-bond acceptors (Lipinski definition) is 6. The van der Waals surface area contributed by atoms with E-state index < -0.39 is 0 Å². The minimum Gasteiger partial charge on any atom is -0.297 e. The lowest BCUT2D eigenvalue weighted by Crippen LogP contribution is -2.09. The Labute approximate surface area is 141 Å². The Kier molecular flexibility index (Phi) is 4.31. The van der Waals surface area contributed by atoms with Crippen LogP contribution in [0.5, 0.6) is 0 Å². The van der Waals surface area contributed by atoms with Crippen molar-refractivity contribution in [3.05, 3.63) is 51.3 Å². The van der Waals surface area contributed by atoms with Crippen molar-refractivity contribution < 1.29 is 9.59 Å². The molecule has 3 rings (SSSR count). The molecule has 3 aromatic rings. The number of amides is 1. The van der Waals surface area contributed by atoms with E-state index in [1.54, 1.807) is 0 Å². The third-order valence-corrected chi connectivity index (χ3v) is 5.04. The predicted octanol–water partition coefficient (Wildman–Crippen LogP) is 4.03. The number of thiazole rings is 2. The highest BCUT2D eigenvalue weighted by Gasteiger charge is 2.18. The van der Waals surface area contributed by atoms with Gasteiger partial charge in [-0.15, -0.1) is 11.3 Å². The van der Waals surface area contributed by atoms with Crippen molar-refractivity contribution in [3.63, 3.8) is 0 Å². The third kappa shape index (κ3) is 3.35. The average Bonchev–Trinajstić information content (AvgIpc) is 3.15. The predicted molar refractivity (Wildman–Crippen MR) is 92.4 cm³/mol. The van der Waals surface area contributed by atoms with Crippen molar-refractivity contribution in [2.45, 2.75) is 13.8 Å². The molecular weight excluding hydrogens is 330 g/mol. The van der Waals surface area contributed by atoms with Crippen molar-refractivity contribution in [2.75, 3.05) is 5.32 Å². The number of nitrogens with zero attached hydrogens (tertiary/aromatic N) is 2. The molecular formula is C16H13N3O2S2. The van der Waals surface area contributed by atoms with Crippen LogP contribution >= 0.6 is 22.7 Å². The van der Waals surface area contributed by atoms with Gasteiger partial charge in [-0.25, -0.2) is 9.97 Å². The highest BCUT2D eigenvalue weighted by molar-refractivity contribution is 7.18. The molecule has 1 amide bonds. The standard InChI is InChI=1S/C16H13N3O2S2/c1-9(20)14-13(11-6-4-3-5-7-11)18-16(23-14)19-15(21)12-8-17-10(2)22-12/h3-8H,1-2H3,(H,18,19,21). The molecule has 0 unspecified atom stereocenters. The van der Waals surface area contributed by atoms with E-state index in [1.807, 2.05) is 37.3 Å². The van der Waals surface area contributed by atoms with E-state index in [-0.39, 0.29) is 11.7 Å². The molecule has 2 heterocycles. The zero-order valence-electron chi connectivity index (χ0n) is 12.5. The fraction of sp³-hybridized carbons (Fsp3) is 0.125. The molecule has 0 spiro atoms. The summed E-state index contributed by atoms with van der Waals surface area (Å²) < 4.78 is 0. The van der Waals surface area contributed by atoms with E-state index in [0.29, 0.717) is 20.6 Å². The Morgan fingerprint density at radius 3 is 2.48 bits per heavy atom. The molecule has 1 aromatic carbocycles. The highest BCUT2D eigenvalue weighted by atomic mass is 32.1. The van der Waals surface area contributed by atoms with Gasteiger partial charge in [0.2, 0.25) is 0 Å². The molecule has 23 heavy (non-hydrogen) atoms. The first-order chi connectivity index (χ1) is 11.0. The van der Waals surface area contributed by atoms with Gasteiger partial charge in [-0.05, 0) is 6.92 Å². The first kappa shape index (κ1) is 15.5. The monoisotopic (exact) mass is 343 g/mol. The summed E-state index contributed by atoms with van der Waals surface area (Å²) in [4.78, 5) is 33.6. The molecule has 1 N–H and O–H groups in total. The Bertz CT molecular complexity index is 869. The summed E-state index contributed by atoms with van der Waals surface area (Å²) in [7, 11) is 0. The number of ketones is 1. The summed E-state index contributed by atoms with van der Waals surface area (Å²) >= 11 is 2.50.